The number of carboxylic acids is 1. The molecule has 2 N–H and O–H groups in total. The van der Waals surface area contributed by atoms with Crippen LogP contribution in [0.15, 0.2) is 34.9 Å². The number of fused-ring (bicyclic) bond motifs is 1. The number of aliphatic carboxylic acids is 1. The number of hydrogen-bond donors (Lipinski definition) is 2. The molecule has 1 aromatic carbocycles. The van der Waals surface area contributed by atoms with Crippen LogP contribution in [-0.4, -0.2) is 27.6 Å². The number of nitrogens with zero attached hydrogens (tertiary/aromatic N) is 1. The second kappa shape index (κ2) is 6.09. The Morgan fingerprint density at radius 1 is 1.40 bits per heavy atom. The molecule has 0 fully saturated rings. The van der Waals surface area contributed by atoms with Crippen LogP contribution in [0.2, 0.25) is 0 Å². The fourth-order valence-electron chi connectivity index (χ4n) is 1.96. The summed E-state index contributed by atoms with van der Waals surface area (Å²) in [5.74, 6) is -1.30. The van der Waals surface area contributed by atoms with E-state index in [-0.39, 0.29) is 12.3 Å². The predicted octanol–water partition coefficient (Wildman–Crippen LogP) is 2.38. The van der Waals surface area contributed by atoms with Crippen LogP contribution in [0, 0.1) is 0 Å². The lowest BCUT2D eigenvalue weighted by molar-refractivity contribution is -0.141. The number of carbonyl (C=O) groups excluding carboxylic acids is 1. The monoisotopic (exact) mass is 338 g/mol. The third-order valence-corrected chi connectivity index (χ3v) is 3.55. The van der Waals surface area contributed by atoms with E-state index >= 15 is 0 Å². The number of benzene rings is 1. The molecule has 0 radical (unpaired) electrons. The van der Waals surface area contributed by atoms with Gasteiger partial charge in [0, 0.05) is 34.5 Å². The molecular formula is C14H15BrN2O3. The molecule has 2 aromatic rings. The van der Waals surface area contributed by atoms with Crippen molar-refractivity contribution < 1.29 is 14.7 Å². The van der Waals surface area contributed by atoms with Crippen molar-refractivity contribution in [3.63, 3.8) is 0 Å². The van der Waals surface area contributed by atoms with E-state index in [9.17, 15) is 9.59 Å². The van der Waals surface area contributed by atoms with Crippen LogP contribution in [0.3, 0.4) is 0 Å². The van der Waals surface area contributed by atoms with Crippen molar-refractivity contribution in [2.24, 2.45) is 0 Å². The minimum atomic E-state index is -1.03. The van der Waals surface area contributed by atoms with Gasteiger partial charge in [0.15, 0.2) is 0 Å². The maximum absolute atomic E-state index is 11.6. The molecule has 6 heteroatoms. The van der Waals surface area contributed by atoms with Gasteiger partial charge in [0.2, 0.25) is 5.91 Å². The summed E-state index contributed by atoms with van der Waals surface area (Å²) in [6.45, 7) is 1.96. The van der Waals surface area contributed by atoms with E-state index in [2.05, 4.69) is 21.2 Å². The summed E-state index contributed by atoms with van der Waals surface area (Å²) in [7, 11) is 0. The maximum atomic E-state index is 11.6. The molecule has 106 valence electrons. The highest BCUT2D eigenvalue weighted by Gasteiger charge is 2.13. The number of aryl methyl sites for hydroxylation is 1. The maximum Gasteiger partial charge on any atom is 0.325 e. The van der Waals surface area contributed by atoms with Gasteiger partial charge in [0.25, 0.3) is 0 Å². The first-order valence-corrected chi connectivity index (χ1v) is 7.03. The highest BCUT2D eigenvalue weighted by molar-refractivity contribution is 9.10. The van der Waals surface area contributed by atoms with E-state index in [1.165, 1.54) is 6.92 Å². The fourth-order valence-corrected chi connectivity index (χ4v) is 2.34. The Hall–Kier alpha value is -1.82. The van der Waals surface area contributed by atoms with E-state index < -0.39 is 12.0 Å². The smallest absolute Gasteiger partial charge is 0.325 e. The Bertz CT molecular complexity index is 651. The summed E-state index contributed by atoms with van der Waals surface area (Å²) in [4.78, 5) is 22.3. The molecule has 1 atom stereocenters. The lowest BCUT2D eigenvalue weighted by Crippen LogP contribution is -2.38. The quantitative estimate of drug-likeness (QED) is 0.879. The number of halogens is 1. The van der Waals surface area contributed by atoms with Crippen molar-refractivity contribution in [1.82, 2.24) is 9.88 Å². The Morgan fingerprint density at radius 3 is 2.85 bits per heavy atom. The van der Waals surface area contributed by atoms with Gasteiger partial charge in [-0.05, 0) is 31.2 Å². The summed E-state index contributed by atoms with van der Waals surface area (Å²) in [6, 6.07) is 7.07. The topological polar surface area (TPSA) is 71.3 Å². The second-order valence-electron chi connectivity index (χ2n) is 4.59. The molecule has 0 saturated heterocycles. The van der Waals surface area contributed by atoms with E-state index in [0.717, 1.165) is 15.4 Å². The van der Waals surface area contributed by atoms with E-state index in [1.54, 1.807) is 0 Å². The van der Waals surface area contributed by atoms with Gasteiger partial charge < -0.3 is 15.0 Å². The molecule has 1 aromatic heterocycles. The zero-order valence-electron chi connectivity index (χ0n) is 11.0. The standard InChI is InChI=1S/C14H15BrN2O3/c1-9(14(19)20)16-13(18)5-7-17-6-4-10-8-11(15)2-3-12(10)17/h2-4,6,8-9H,5,7H2,1H3,(H,16,18)(H,19,20)/t9-/m0/s1. The largest absolute Gasteiger partial charge is 0.480 e. The van der Waals surface area contributed by atoms with Crippen LogP contribution in [0.25, 0.3) is 10.9 Å². The van der Waals surface area contributed by atoms with Gasteiger partial charge in [-0.1, -0.05) is 15.9 Å². The van der Waals surface area contributed by atoms with Gasteiger partial charge in [0.1, 0.15) is 6.04 Å². The number of nitrogens with one attached hydrogen (secondary N) is 1. The van der Waals surface area contributed by atoms with Crippen LogP contribution in [-0.2, 0) is 16.1 Å². The first-order chi connectivity index (χ1) is 9.47. The lowest BCUT2D eigenvalue weighted by Gasteiger charge is -2.10. The summed E-state index contributed by atoms with van der Waals surface area (Å²) < 4.78 is 2.99. The van der Waals surface area contributed by atoms with Crippen molar-refractivity contribution in [2.75, 3.05) is 0 Å². The molecule has 0 aliphatic carbocycles. The van der Waals surface area contributed by atoms with E-state index in [0.29, 0.717) is 6.54 Å². The molecule has 5 nitrogen and oxygen atoms in total. The molecule has 0 unspecified atom stereocenters. The zero-order chi connectivity index (χ0) is 14.7. The average Bonchev–Trinajstić information content (AvgIpc) is 2.78. The average molecular weight is 339 g/mol. The van der Waals surface area contributed by atoms with Crippen molar-refractivity contribution in [2.45, 2.75) is 25.9 Å². The highest BCUT2D eigenvalue weighted by Crippen LogP contribution is 2.21. The molecule has 0 spiro atoms. The van der Waals surface area contributed by atoms with Crippen molar-refractivity contribution in [3.8, 4) is 0 Å². The summed E-state index contributed by atoms with van der Waals surface area (Å²) in [5, 5.41) is 12.3. The third kappa shape index (κ3) is 3.39. The first-order valence-electron chi connectivity index (χ1n) is 6.24. The van der Waals surface area contributed by atoms with Crippen molar-refractivity contribution >= 4 is 38.7 Å². The SMILES string of the molecule is C[C@H](NC(=O)CCn1ccc2cc(Br)ccc21)C(=O)O. The third-order valence-electron chi connectivity index (χ3n) is 3.06. The van der Waals surface area contributed by atoms with Gasteiger partial charge in [-0.2, -0.15) is 0 Å². The van der Waals surface area contributed by atoms with Crippen LogP contribution < -0.4 is 5.32 Å². The summed E-state index contributed by atoms with van der Waals surface area (Å²) >= 11 is 3.42. The Morgan fingerprint density at radius 2 is 2.15 bits per heavy atom. The van der Waals surface area contributed by atoms with Gasteiger partial charge in [-0.15, -0.1) is 0 Å². The van der Waals surface area contributed by atoms with Crippen LogP contribution in [0.5, 0.6) is 0 Å². The lowest BCUT2D eigenvalue weighted by atomic mass is 10.2. The van der Waals surface area contributed by atoms with Gasteiger partial charge in [-0.3, -0.25) is 9.59 Å². The minimum Gasteiger partial charge on any atom is -0.480 e. The molecule has 0 bridgehead atoms. The van der Waals surface area contributed by atoms with Crippen molar-refractivity contribution in [1.29, 1.82) is 0 Å². The Balaban J connectivity index is 1.99. The number of hydrogen-bond acceptors (Lipinski definition) is 2. The van der Waals surface area contributed by atoms with Gasteiger partial charge in [-0.25, -0.2) is 0 Å². The zero-order valence-corrected chi connectivity index (χ0v) is 12.6. The molecular weight excluding hydrogens is 324 g/mol. The molecule has 0 aliphatic heterocycles. The second-order valence-corrected chi connectivity index (χ2v) is 5.51. The minimum absolute atomic E-state index is 0.247. The van der Waals surface area contributed by atoms with Crippen LogP contribution in [0.4, 0.5) is 0 Å². The van der Waals surface area contributed by atoms with E-state index in [4.69, 9.17) is 5.11 Å². The molecule has 1 heterocycles. The van der Waals surface area contributed by atoms with Crippen LogP contribution in [0.1, 0.15) is 13.3 Å². The number of aromatic nitrogens is 1. The summed E-state index contributed by atoms with van der Waals surface area (Å²) in [5.41, 5.74) is 1.05. The Labute approximate surface area is 124 Å². The number of carbonyl (C=O) groups is 2. The number of amides is 1. The van der Waals surface area contributed by atoms with Gasteiger partial charge >= 0.3 is 5.97 Å². The van der Waals surface area contributed by atoms with Crippen LogP contribution >= 0.6 is 15.9 Å². The molecule has 0 saturated carbocycles. The van der Waals surface area contributed by atoms with Gasteiger partial charge in [0.05, 0.1) is 0 Å². The summed E-state index contributed by atoms with van der Waals surface area (Å²) in [6.07, 6.45) is 2.17. The number of carboxylic acid groups (broad SMARTS) is 1. The molecule has 20 heavy (non-hydrogen) atoms. The Kier molecular flexibility index (Phi) is 4.44. The molecule has 1 amide bonds. The number of rotatable bonds is 5. The fraction of sp³-hybridized carbons (Fsp3) is 0.286. The highest BCUT2D eigenvalue weighted by atomic mass is 79.9. The predicted molar refractivity (Wildman–Crippen MR) is 79.5 cm³/mol. The van der Waals surface area contributed by atoms with Crippen molar-refractivity contribution in [3.05, 3.63) is 34.9 Å². The first kappa shape index (κ1) is 14.6. The molecule has 2 rings (SSSR count). The normalized spacial score (nSPS) is 12.3. The van der Waals surface area contributed by atoms with E-state index in [1.807, 2.05) is 35.0 Å². The molecule has 0 aliphatic rings.